The topological polar surface area (TPSA) is 24.9 Å². The Morgan fingerprint density at radius 2 is 1.94 bits per heavy atom. The molecule has 17 heavy (non-hydrogen) atoms. The van der Waals surface area contributed by atoms with Gasteiger partial charge in [-0.15, -0.1) is 0 Å². The van der Waals surface area contributed by atoms with E-state index in [9.17, 15) is 0 Å². The van der Waals surface area contributed by atoms with Crippen LogP contribution in [-0.4, -0.2) is 9.97 Å². The Morgan fingerprint density at radius 3 is 2.59 bits per heavy atom. The van der Waals surface area contributed by atoms with Crippen LogP contribution in [0.25, 0.3) is 0 Å². The second-order valence-corrected chi connectivity index (χ2v) is 4.48. The summed E-state index contributed by atoms with van der Waals surface area (Å²) in [7, 11) is 0. The van der Waals surface area contributed by atoms with Crippen molar-refractivity contribution >= 4 is 34.5 Å². The van der Waals surface area contributed by atoms with Crippen molar-refractivity contribution in [2.45, 2.75) is 6.42 Å². The standard InChI is InChI=1S/C13H11ClN2S/c14-10-4-6-11(7-5-10)16-13(17)9-12-3-1-2-8-15-12/h1-8H,9H2,(H,16,17). The van der Waals surface area contributed by atoms with Crippen LogP contribution in [-0.2, 0) is 6.42 Å². The van der Waals surface area contributed by atoms with Gasteiger partial charge in [-0.2, -0.15) is 0 Å². The predicted octanol–water partition coefficient (Wildman–Crippen LogP) is 3.72. The van der Waals surface area contributed by atoms with E-state index in [2.05, 4.69) is 10.3 Å². The maximum atomic E-state index is 5.81. The average molecular weight is 263 g/mol. The van der Waals surface area contributed by atoms with Crippen LogP contribution in [0.3, 0.4) is 0 Å². The number of hydrogen-bond acceptors (Lipinski definition) is 2. The van der Waals surface area contributed by atoms with Crippen molar-refractivity contribution in [3.05, 3.63) is 59.4 Å². The van der Waals surface area contributed by atoms with Crippen molar-refractivity contribution in [1.82, 2.24) is 4.98 Å². The van der Waals surface area contributed by atoms with Gasteiger partial charge in [-0.1, -0.05) is 29.9 Å². The molecule has 0 aliphatic heterocycles. The van der Waals surface area contributed by atoms with Crippen molar-refractivity contribution in [1.29, 1.82) is 0 Å². The molecule has 0 amide bonds. The molecule has 0 unspecified atom stereocenters. The van der Waals surface area contributed by atoms with Crippen molar-refractivity contribution in [3.8, 4) is 0 Å². The fourth-order valence-electron chi connectivity index (χ4n) is 1.41. The molecular formula is C13H11ClN2S. The number of nitrogens with zero attached hydrogens (tertiary/aromatic N) is 1. The van der Waals surface area contributed by atoms with Gasteiger partial charge in [0.2, 0.25) is 0 Å². The second kappa shape index (κ2) is 5.75. The van der Waals surface area contributed by atoms with Gasteiger partial charge in [0.1, 0.15) is 0 Å². The summed E-state index contributed by atoms with van der Waals surface area (Å²) >= 11 is 11.1. The number of halogens is 1. The SMILES string of the molecule is S=C(Cc1ccccn1)Nc1ccc(Cl)cc1. The van der Waals surface area contributed by atoms with Crippen LogP contribution < -0.4 is 5.32 Å². The normalized spacial score (nSPS) is 9.94. The first-order valence-corrected chi connectivity index (χ1v) is 5.98. The van der Waals surface area contributed by atoms with Gasteiger partial charge in [0.25, 0.3) is 0 Å². The molecule has 0 aliphatic rings. The molecule has 0 spiro atoms. The third-order valence-corrected chi connectivity index (χ3v) is 2.69. The Hall–Kier alpha value is -1.45. The Bertz CT molecular complexity index is 497. The minimum Gasteiger partial charge on any atom is -0.350 e. The predicted molar refractivity (Wildman–Crippen MR) is 75.6 cm³/mol. The molecule has 0 aliphatic carbocycles. The summed E-state index contributed by atoms with van der Waals surface area (Å²) in [5.41, 5.74) is 1.90. The number of pyridine rings is 1. The highest BCUT2D eigenvalue weighted by atomic mass is 35.5. The van der Waals surface area contributed by atoms with E-state index < -0.39 is 0 Å². The van der Waals surface area contributed by atoms with Crippen LogP contribution in [0.2, 0.25) is 5.02 Å². The first-order valence-electron chi connectivity index (χ1n) is 5.19. The summed E-state index contributed by atoms with van der Waals surface area (Å²) in [5.74, 6) is 0. The van der Waals surface area contributed by atoms with Gasteiger partial charge in [0.05, 0.1) is 4.99 Å². The molecule has 0 fully saturated rings. The van der Waals surface area contributed by atoms with Gasteiger partial charge < -0.3 is 5.32 Å². The molecule has 0 atom stereocenters. The molecular weight excluding hydrogens is 252 g/mol. The molecule has 86 valence electrons. The van der Waals surface area contributed by atoms with E-state index in [1.165, 1.54) is 0 Å². The van der Waals surface area contributed by atoms with E-state index in [0.29, 0.717) is 11.4 Å². The van der Waals surface area contributed by atoms with Crippen molar-refractivity contribution in [2.75, 3.05) is 5.32 Å². The number of aromatic nitrogens is 1. The van der Waals surface area contributed by atoms with E-state index in [4.69, 9.17) is 23.8 Å². The van der Waals surface area contributed by atoms with Crippen LogP contribution in [0.1, 0.15) is 5.69 Å². The lowest BCUT2D eigenvalue weighted by atomic mass is 10.2. The molecule has 1 aromatic carbocycles. The third kappa shape index (κ3) is 3.80. The summed E-state index contributed by atoms with van der Waals surface area (Å²) in [6.45, 7) is 0. The highest BCUT2D eigenvalue weighted by Gasteiger charge is 2.00. The van der Waals surface area contributed by atoms with Gasteiger partial charge in [-0.05, 0) is 36.4 Å². The van der Waals surface area contributed by atoms with Gasteiger partial charge in [0, 0.05) is 29.0 Å². The molecule has 2 nitrogen and oxygen atoms in total. The van der Waals surface area contributed by atoms with E-state index in [0.717, 1.165) is 16.4 Å². The van der Waals surface area contributed by atoms with Crippen molar-refractivity contribution in [2.24, 2.45) is 0 Å². The number of nitrogens with one attached hydrogen (secondary N) is 1. The molecule has 0 saturated heterocycles. The molecule has 1 heterocycles. The number of rotatable bonds is 3. The largest absolute Gasteiger partial charge is 0.350 e. The van der Waals surface area contributed by atoms with E-state index in [1.54, 1.807) is 6.20 Å². The summed E-state index contributed by atoms with van der Waals surface area (Å²) in [6, 6.07) is 13.2. The molecule has 1 aromatic heterocycles. The lowest BCUT2D eigenvalue weighted by molar-refractivity contribution is 1.15. The highest BCUT2D eigenvalue weighted by Crippen LogP contribution is 2.13. The van der Waals surface area contributed by atoms with Gasteiger partial charge >= 0.3 is 0 Å². The number of thiocarbonyl (C=S) groups is 1. The van der Waals surface area contributed by atoms with E-state index in [-0.39, 0.29) is 0 Å². The molecule has 0 saturated carbocycles. The maximum absolute atomic E-state index is 5.81. The molecule has 2 aromatic rings. The molecule has 1 N–H and O–H groups in total. The molecule has 2 rings (SSSR count). The average Bonchev–Trinajstić information content (AvgIpc) is 2.33. The minimum absolute atomic E-state index is 0.638. The van der Waals surface area contributed by atoms with Gasteiger partial charge in [-0.25, -0.2) is 0 Å². The monoisotopic (exact) mass is 262 g/mol. The summed E-state index contributed by atoms with van der Waals surface area (Å²) < 4.78 is 0. The van der Waals surface area contributed by atoms with Gasteiger partial charge in [-0.3, -0.25) is 4.98 Å². The van der Waals surface area contributed by atoms with Crippen molar-refractivity contribution in [3.63, 3.8) is 0 Å². The molecule has 0 bridgehead atoms. The fraction of sp³-hybridized carbons (Fsp3) is 0.0769. The Balaban J connectivity index is 1.96. The van der Waals surface area contributed by atoms with Crippen LogP contribution in [0.4, 0.5) is 5.69 Å². The lowest BCUT2D eigenvalue weighted by Crippen LogP contribution is -2.12. The quantitative estimate of drug-likeness (QED) is 0.854. The first kappa shape index (κ1) is 12.0. The fourth-order valence-corrected chi connectivity index (χ4v) is 1.80. The minimum atomic E-state index is 0.638. The van der Waals surface area contributed by atoms with Gasteiger partial charge in [0.15, 0.2) is 0 Å². The van der Waals surface area contributed by atoms with E-state index in [1.807, 2.05) is 42.5 Å². The van der Waals surface area contributed by atoms with Crippen LogP contribution >= 0.6 is 23.8 Å². The summed E-state index contributed by atoms with van der Waals surface area (Å²) in [5, 5.41) is 3.86. The zero-order valence-electron chi connectivity index (χ0n) is 9.06. The van der Waals surface area contributed by atoms with Crippen LogP contribution in [0, 0.1) is 0 Å². The first-order chi connectivity index (χ1) is 8.24. The van der Waals surface area contributed by atoms with Crippen LogP contribution in [0.5, 0.6) is 0 Å². The lowest BCUT2D eigenvalue weighted by Gasteiger charge is -2.07. The zero-order chi connectivity index (χ0) is 12.1. The number of anilines is 1. The second-order valence-electron chi connectivity index (χ2n) is 3.55. The van der Waals surface area contributed by atoms with E-state index >= 15 is 0 Å². The Kier molecular flexibility index (Phi) is 4.07. The third-order valence-electron chi connectivity index (χ3n) is 2.20. The number of hydrogen-bond donors (Lipinski definition) is 1. The summed E-state index contributed by atoms with van der Waals surface area (Å²) in [4.78, 5) is 4.97. The highest BCUT2D eigenvalue weighted by molar-refractivity contribution is 7.80. The smallest absolute Gasteiger partial charge is 0.0857 e. The Labute approximate surface area is 111 Å². The molecule has 4 heteroatoms. The van der Waals surface area contributed by atoms with Crippen molar-refractivity contribution < 1.29 is 0 Å². The zero-order valence-corrected chi connectivity index (χ0v) is 10.6. The summed E-state index contributed by atoms with van der Waals surface area (Å²) in [6.07, 6.45) is 2.40. The number of benzene rings is 1. The Morgan fingerprint density at radius 1 is 1.18 bits per heavy atom. The molecule has 0 radical (unpaired) electrons. The maximum Gasteiger partial charge on any atom is 0.0857 e. The van der Waals surface area contributed by atoms with Crippen LogP contribution in [0.15, 0.2) is 48.7 Å².